The zero-order valence-corrected chi connectivity index (χ0v) is 12.4. The number of carbonyl (C=O) groups excluding carboxylic acids is 2. The number of ketones is 2. The number of nitrogens with zero attached hydrogens (tertiary/aromatic N) is 2. The number of carbonyl (C=O) groups is 2. The molecule has 112 valence electrons. The minimum atomic E-state index is -0.160. The lowest BCUT2D eigenvalue weighted by atomic mass is 10.1. The highest BCUT2D eigenvalue weighted by Crippen LogP contribution is 2.05. The highest BCUT2D eigenvalue weighted by Gasteiger charge is 2.17. The monoisotopic (exact) mass is 303 g/mol. The molecule has 0 saturated carbocycles. The largest absolute Gasteiger partial charge is 0.287 e. The van der Waals surface area contributed by atoms with Gasteiger partial charge in [-0.2, -0.15) is 4.57 Å². The van der Waals surface area contributed by atoms with E-state index in [9.17, 15) is 9.59 Å². The molecule has 23 heavy (non-hydrogen) atoms. The first-order valence-corrected chi connectivity index (χ1v) is 7.27. The number of Topliss-reactive ketones (excluding diaryl/α,β-unsaturated/α-hetero) is 1. The zero-order chi connectivity index (χ0) is 16.1. The van der Waals surface area contributed by atoms with Gasteiger partial charge in [-0.05, 0) is 0 Å². The Kier molecular flexibility index (Phi) is 4.34. The summed E-state index contributed by atoms with van der Waals surface area (Å²) in [5.41, 5.74) is 1.54. The highest BCUT2D eigenvalue weighted by molar-refractivity contribution is 6.07. The Balaban J connectivity index is 1.80. The number of hydrogen-bond donors (Lipinski definition) is 0. The minimum absolute atomic E-state index is 0.0140. The summed E-state index contributed by atoms with van der Waals surface area (Å²) in [4.78, 5) is 28.7. The Morgan fingerprint density at radius 3 is 2.13 bits per heavy atom. The molecule has 0 unspecified atom stereocenters. The molecule has 0 bridgehead atoms. The van der Waals surface area contributed by atoms with Crippen LogP contribution in [0.25, 0.3) is 0 Å². The summed E-state index contributed by atoms with van der Waals surface area (Å²) in [6.45, 7) is 0.168. The zero-order valence-electron chi connectivity index (χ0n) is 12.4. The van der Waals surface area contributed by atoms with Gasteiger partial charge < -0.3 is 0 Å². The summed E-state index contributed by atoms with van der Waals surface area (Å²) in [6.07, 6.45) is 4.83. The van der Waals surface area contributed by atoms with Crippen molar-refractivity contribution in [1.82, 2.24) is 4.98 Å². The van der Waals surface area contributed by atoms with E-state index < -0.39 is 0 Å². The van der Waals surface area contributed by atoms with Crippen LogP contribution < -0.4 is 4.57 Å². The molecule has 1 aromatic heterocycles. The van der Waals surface area contributed by atoms with Gasteiger partial charge >= 0.3 is 0 Å². The van der Waals surface area contributed by atoms with Crippen molar-refractivity contribution in [2.45, 2.75) is 6.54 Å². The molecule has 0 atom stereocenters. The SMILES string of the molecule is O=C(C[n+]1ccnc(C(=O)c2ccccc2)c1)c1ccccc1. The van der Waals surface area contributed by atoms with Gasteiger partial charge in [0.15, 0.2) is 18.1 Å². The molecule has 4 heteroatoms. The molecule has 1 heterocycles. The summed E-state index contributed by atoms with van der Waals surface area (Å²) in [5.74, 6) is -0.174. The Bertz CT molecular complexity index is 830. The molecule has 3 aromatic rings. The van der Waals surface area contributed by atoms with Gasteiger partial charge in [-0.3, -0.25) is 9.59 Å². The maximum absolute atomic E-state index is 12.4. The number of benzene rings is 2. The average Bonchev–Trinajstić information content (AvgIpc) is 2.63. The van der Waals surface area contributed by atoms with E-state index >= 15 is 0 Å². The van der Waals surface area contributed by atoms with Crippen LogP contribution in [0.3, 0.4) is 0 Å². The lowest BCUT2D eigenvalue weighted by molar-refractivity contribution is -0.683. The Hall–Kier alpha value is -3.14. The molecule has 0 N–H and O–H groups in total. The maximum Gasteiger partial charge on any atom is 0.227 e. The summed E-state index contributed by atoms with van der Waals surface area (Å²) in [5, 5.41) is 0. The molecule has 0 saturated heterocycles. The molecule has 0 aliphatic carbocycles. The quantitative estimate of drug-likeness (QED) is 0.537. The maximum atomic E-state index is 12.4. The predicted octanol–water partition coefficient (Wildman–Crippen LogP) is 2.48. The van der Waals surface area contributed by atoms with Gasteiger partial charge in [0.25, 0.3) is 0 Å². The van der Waals surface area contributed by atoms with Gasteiger partial charge in [0, 0.05) is 11.1 Å². The van der Waals surface area contributed by atoms with Crippen LogP contribution in [-0.2, 0) is 6.54 Å². The van der Waals surface area contributed by atoms with Crippen LogP contribution in [0.2, 0.25) is 0 Å². The highest BCUT2D eigenvalue weighted by atomic mass is 16.1. The van der Waals surface area contributed by atoms with Gasteiger partial charge in [-0.15, -0.1) is 0 Å². The van der Waals surface area contributed by atoms with Crippen LogP contribution in [0, 0.1) is 0 Å². The first-order chi connectivity index (χ1) is 11.2. The molecule has 0 fully saturated rings. The van der Waals surface area contributed by atoms with Crippen molar-refractivity contribution >= 4 is 11.6 Å². The third-order valence-corrected chi connectivity index (χ3v) is 3.45. The fourth-order valence-corrected chi connectivity index (χ4v) is 2.27. The second-order valence-electron chi connectivity index (χ2n) is 5.10. The third kappa shape index (κ3) is 3.55. The van der Waals surface area contributed by atoms with Crippen LogP contribution >= 0.6 is 0 Å². The Morgan fingerprint density at radius 2 is 1.48 bits per heavy atom. The smallest absolute Gasteiger partial charge is 0.227 e. The summed E-state index contributed by atoms with van der Waals surface area (Å²) < 4.78 is 1.68. The second-order valence-corrected chi connectivity index (χ2v) is 5.10. The lowest BCUT2D eigenvalue weighted by Gasteiger charge is -2.01. The van der Waals surface area contributed by atoms with Gasteiger partial charge in [-0.1, -0.05) is 60.7 Å². The van der Waals surface area contributed by atoms with Gasteiger partial charge in [0.05, 0.1) is 6.20 Å². The molecule has 0 spiro atoms. The van der Waals surface area contributed by atoms with Crippen LogP contribution in [0.15, 0.2) is 79.3 Å². The minimum Gasteiger partial charge on any atom is -0.287 e. The Labute approximate surface area is 134 Å². The molecule has 0 aliphatic heterocycles. The van der Waals surface area contributed by atoms with E-state index in [2.05, 4.69) is 4.98 Å². The molecule has 4 nitrogen and oxygen atoms in total. The lowest BCUT2D eigenvalue weighted by Crippen LogP contribution is -2.38. The van der Waals surface area contributed by atoms with Crippen molar-refractivity contribution in [1.29, 1.82) is 0 Å². The van der Waals surface area contributed by atoms with E-state index in [1.807, 2.05) is 36.4 Å². The molecule has 0 amide bonds. The summed E-state index contributed by atoms with van der Waals surface area (Å²) >= 11 is 0. The fraction of sp³-hybridized carbons (Fsp3) is 0.0526. The fourth-order valence-electron chi connectivity index (χ4n) is 2.27. The van der Waals surface area contributed by atoms with Crippen LogP contribution in [-0.4, -0.2) is 16.6 Å². The van der Waals surface area contributed by atoms with Gasteiger partial charge in [0.1, 0.15) is 0 Å². The summed E-state index contributed by atoms with van der Waals surface area (Å²) in [7, 11) is 0. The first-order valence-electron chi connectivity index (χ1n) is 7.27. The van der Waals surface area contributed by atoms with Crippen molar-refractivity contribution in [2.24, 2.45) is 0 Å². The van der Waals surface area contributed by atoms with E-state index in [1.165, 1.54) is 6.20 Å². The second kappa shape index (κ2) is 6.75. The van der Waals surface area contributed by atoms with Crippen LogP contribution in [0.1, 0.15) is 26.4 Å². The van der Waals surface area contributed by atoms with Crippen molar-refractivity contribution in [3.8, 4) is 0 Å². The van der Waals surface area contributed by atoms with Crippen molar-refractivity contribution in [3.63, 3.8) is 0 Å². The van der Waals surface area contributed by atoms with Gasteiger partial charge in [-0.25, -0.2) is 4.98 Å². The Morgan fingerprint density at radius 1 is 0.870 bits per heavy atom. The van der Waals surface area contributed by atoms with E-state index in [1.54, 1.807) is 41.2 Å². The van der Waals surface area contributed by atoms with E-state index in [0.29, 0.717) is 16.8 Å². The van der Waals surface area contributed by atoms with E-state index in [-0.39, 0.29) is 18.1 Å². The number of rotatable bonds is 5. The molecule has 2 aromatic carbocycles. The molecule has 0 radical (unpaired) electrons. The van der Waals surface area contributed by atoms with Crippen LogP contribution in [0.5, 0.6) is 0 Å². The predicted molar refractivity (Wildman–Crippen MR) is 85.1 cm³/mol. The van der Waals surface area contributed by atoms with Crippen molar-refractivity contribution in [3.05, 3.63) is 96.1 Å². The third-order valence-electron chi connectivity index (χ3n) is 3.45. The van der Waals surface area contributed by atoms with Crippen LogP contribution in [0.4, 0.5) is 0 Å². The average molecular weight is 303 g/mol. The van der Waals surface area contributed by atoms with Crippen molar-refractivity contribution < 1.29 is 14.2 Å². The first kappa shape index (κ1) is 14.8. The molecule has 0 aliphatic rings. The molecular weight excluding hydrogens is 288 g/mol. The molecular formula is C19H15N2O2+. The van der Waals surface area contributed by atoms with Gasteiger partial charge in [0.2, 0.25) is 18.1 Å². The van der Waals surface area contributed by atoms with E-state index in [0.717, 1.165) is 0 Å². The van der Waals surface area contributed by atoms with Crippen molar-refractivity contribution in [2.75, 3.05) is 0 Å². The standard InChI is InChI=1S/C19H15N2O2/c22-18(15-7-3-1-4-8-15)14-21-12-11-20-17(13-21)19(23)16-9-5-2-6-10-16/h1-13H,14H2/q+1. The number of aromatic nitrogens is 2. The van der Waals surface area contributed by atoms with E-state index in [4.69, 9.17) is 0 Å². The molecule has 3 rings (SSSR count). The normalized spacial score (nSPS) is 10.3. The summed E-state index contributed by atoms with van der Waals surface area (Å²) in [6, 6.07) is 18.0. The topological polar surface area (TPSA) is 50.9 Å². The number of hydrogen-bond acceptors (Lipinski definition) is 3.